The lowest BCUT2D eigenvalue weighted by Crippen LogP contribution is -2.37. The molecule has 0 atom stereocenters. The third-order valence-corrected chi connectivity index (χ3v) is 6.69. The third kappa shape index (κ3) is 4.99. The van der Waals surface area contributed by atoms with Gasteiger partial charge in [-0.25, -0.2) is 8.42 Å². The molecule has 0 radical (unpaired) electrons. The van der Waals surface area contributed by atoms with Crippen molar-refractivity contribution in [2.45, 2.75) is 44.4 Å². The summed E-state index contributed by atoms with van der Waals surface area (Å²) in [6, 6.07) is 6.36. The highest BCUT2D eigenvalue weighted by Gasteiger charge is 2.23. The van der Waals surface area contributed by atoms with Gasteiger partial charge in [-0.05, 0) is 49.3 Å². The average molecular weight is 384 g/mol. The smallest absolute Gasteiger partial charge is 0.243 e. The van der Waals surface area contributed by atoms with E-state index < -0.39 is 10.0 Å². The van der Waals surface area contributed by atoms with Crippen LogP contribution >= 0.6 is 12.2 Å². The van der Waals surface area contributed by atoms with Crippen molar-refractivity contribution in [2.75, 3.05) is 18.4 Å². The highest BCUT2D eigenvalue weighted by Crippen LogP contribution is 2.24. The van der Waals surface area contributed by atoms with Crippen LogP contribution in [0.15, 0.2) is 29.2 Å². The predicted molar refractivity (Wildman–Crippen MR) is 103 cm³/mol. The van der Waals surface area contributed by atoms with Crippen LogP contribution in [0.3, 0.4) is 0 Å². The summed E-state index contributed by atoms with van der Waals surface area (Å²) in [6.07, 6.45) is 3.99. The number of amides is 1. The Kier molecular flexibility index (Phi) is 6.92. The maximum atomic E-state index is 12.4. The quantitative estimate of drug-likeness (QED) is 0.739. The van der Waals surface area contributed by atoms with E-state index >= 15 is 0 Å². The number of thiocarbonyl (C=S) groups is 1. The number of nitrogens with zero attached hydrogens (tertiary/aromatic N) is 1. The van der Waals surface area contributed by atoms with E-state index in [1.165, 1.54) is 16.4 Å². The van der Waals surface area contributed by atoms with Crippen LogP contribution in [0.1, 0.15) is 39.5 Å². The number of benzene rings is 1. The molecule has 2 rings (SSSR count). The van der Waals surface area contributed by atoms with E-state index in [0.717, 1.165) is 25.7 Å². The lowest BCUT2D eigenvalue weighted by atomic mass is 10.1. The fourth-order valence-electron chi connectivity index (χ4n) is 2.99. The molecule has 0 bridgehead atoms. The highest BCUT2D eigenvalue weighted by molar-refractivity contribution is 7.89. The molecule has 6 nitrogen and oxygen atoms in total. The number of hydrogen-bond acceptors (Lipinski definition) is 4. The van der Waals surface area contributed by atoms with Gasteiger partial charge in [0.05, 0.1) is 4.90 Å². The lowest BCUT2D eigenvalue weighted by Gasteiger charge is -2.18. The van der Waals surface area contributed by atoms with Crippen LogP contribution in [0.4, 0.5) is 5.69 Å². The zero-order valence-corrected chi connectivity index (χ0v) is 16.3. The molecular weight excluding hydrogens is 358 g/mol. The SMILES string of the molecule is CCN(CC)S(=O)(=O)c1ccc(NC(=S)NC(=O)C2CCCC2)cc1. The minimum Gasteiger partial charge on any atom is -0.332 e. The van der Waals surface area contributed by atoms with Gasteiger partial charge < -0.3 is 10.6 Å². The molecule has 0 unspecified atom stereocenters. The summed E-state index contributed by atoms with van der Waals surface area (Å²) < 4.78 is 26.3. The van der Waals surface area contributed by atoms with Crippen LogP contribution in [0.25, 0.3) is 0 Å². The molecule has 1 amide bonds. The summed E-state index contributed by atoms with van der Waals surface area (Å²) in [5, 5.41) is 5.86. The van der Waals surface area contributed by atoms with E-state index in [0.29, 0.717) is 18.8 Å². The number of nitrogens with one attached hydrogen (secondary N) is 2. The summed E-state index contributed by atoms with van der Waals surface area (Å²) in [6.45, 7) is 4.47. The number of carbonyl (C=O) groups is 1. The second-order valence-electron chi connectivity index (χ2n) is 6.04. The van der Waals surface area contributed by atoms with Crippen molar-refractivity contribution in [2.24, 2.45) is 5.92 Å². The van der Waals surface area contributed by atoms with Gasteiger partial charge in [0.2, 0.25) is 15.9 Å². The van der Waals surface area contributed by atoms with Crippen molar-refractivity contribution in [3.63, 3.8) is 0 Å². The van der Waals surface area contributed by atoms with Gasteiger partial charge in [-0.2, -0.15) is 4.31 Å². The molecule has 0 aromatic heterocycles. The predicted octanol–water partition coefficient (Wildman–Crippen LogP) is 2.72. The Morgan fingerprint density at radius 2 is 1.72 bits per heavy atom. The molecule has 25 heavy (non-hydrogen) atoms. The first-order valence-electron chi connectivity index (χ1n) is 8.60. The molecule has 1 aliphatic rings. The van der Waals surface area contributed by atoms with Gasteiger partial charge in [0.1, 0.15) is 0 Å². The summed E-state index contributed by atoms with van der Waals surface area (Å²) in [5.41, 5.74) is 0.634. The molecule has 1 saturated carbocycles. The van der Waals surface area contributed by atoms with Crippen molar-refractivity contribution >= 4 is 38.9 Å². The normalized spacial score (nSPS) is 15.3. The summed E-state index contributed by atoms with van der Waals surface area (Å²) >= 11 is 5.16. The Morgan fingerprint density at radius 3 is 2.24 bits per heavy atom. The number of anilines is 1. The Hall–Kier alpha value is -1.51. The van der Waals surface area contributed by atoms with Crippen LogP contribution in [-0.2, 0) is 14.8 Å². The van der Waals surface area contributed by atoms with Crippen molar-refractivity contribution in [1.29, 1.82) is 0 Å². The van der Waals surface area contributed by atoms with Crippen LogP contribution in [0, 0.1) is 5.92 Å². The topological polar surface area (TPSA) is 78.5 Å². The second-order valence-corrected chi connectivity index (χ2v) is 8.38. The van der Waals surface area contributed by atoms with Gasteiger partial charge in [-0.3, -0.25) is 4.79 Å². The molecule has 8 heteroatoms. The molecule has 0 heterocycles. The first-order chi connectivity index (χ1) is 11.9. The van der Waals surface area contributed by atoms with E-state index in [-0.39, 0.29) is 21.8 Å². The van der Waals surface area contributed by atoms with E-state index in [1.54, 1.807) is 12.1 Å². The molecular formula is C17H25N3O3S2. The zero-order valence-electron chi connectivity index (χ0n) is 14.6. The zero-order chi connectivity index (χ0) is 18.4. The summed E-state index contributed by atoms with van der Waals surface area (Å²) in [5.74, 6) is -0.00271. The minimum absolute atomic E-state index is 0.0429. The first kappa shape index (κ1) is 19.8. The molecule has 0 aliphatic heterocycles. The molecule has 2 N–H and O–H groups in total. The monoisotopic (exact) mass is 383 g/mol. The number of sulfonamides is 1. The average Bonchev–Trinajstić information content (AvgIpc) is 3.10. The Labute approximate surface area is 155 Å². The van der Waals surface area contributed by atoms with Crippen molar-refractivity contribution in [1.82, 2.24) is 9.62 Å². The third-order valence-electron chi connectivity index (χ3n) is 4.42. The fourth-order valence-corrected chi connectivity index (χ4v) is 4.66. The van der Waals surface area contributed by atoms with E-state index in [2.05, 4.69) is 10.6 Å². The minimum atomic E-state index is -3.47. The Bertz CT molecular complexity index is 707. The molecule has 1 fully saturated rings. The second kappa shape index (κ2) is 8.73. The van der Waals surface area contributed by atoms with Gasteiger partial charge in [0.15, 0.2) is 5.11 Å². The number of hydrogen-bond donors (Lipinski definition) is 2. The number of carbonyl (C=O) groups excluding carboxylic acids is 1. The van der Waals surface area contributed by atoms with Crippen LogP contribution in [0.5, 0.6) is 0 Å². The van der Waals surface area contributed by atoms with Gasteiger partial charge in [0.25, 0.3) is 0 Å². The summed E-state index contributed by atoms with van der Waals surface area (Å²) in [7, 11) is -3.47. The largest absolute Gasteiger partial charge is 0.332 e. The highest BCUT2D eigenvalue weighted by atomic mass is 32.2. The fraction of sp³-hybridized carbons (Fsp3) is 0.529. The van der Waals surface area contributed by atoms with E-state index in [1.807, 2.05) is 13.8 Å². The Balaban J connectivity index is 1.98. The Morgan fingerprint density at radius 1 is 1.16 bits per heavy atom. The standard InChI is InChI=1S/C17H25N3O3S2/c1-3-20(4-2)25(22,23)15-11-9-14(10-12-15)18-17(24)19-16(21)13-7-5-6-8-13/h9-13H,3-8H2,1-2H3,(H2,18,19,21,24). The van der Waals surface area contributed by atoms with E-state index in [4.69, 9.17) is 12.2 Å². The van der Waals surface area contributed by atoms with Gasteiger partial charge in [0, 0.05) is 24.7 Å². The molecule has 1 aromatic rings. The first-order valence-corrected chi connectivity index (χ1v) is 10.4. The van der Waals surface area contributed by atoms with Crippen LogP contribution < -0.4 is 10.6 Å². The maximum Gasteiger partial charge on any atom is 0.243 e. The van der Waals surface area contributed by atoms with Gasteiger partial charge in [-0.1, -0.05) is 26.7 Å². The van der Waals surface area contributed by atoms with Gasteiger partial charge >= 0.3 is 0 Å². The van der Waals surface area contributed by atoms with E-state index in [9.17, 15) is 13.2 Å². The molecule has 1 aliphatic carbocycles. The molecule has 0 saturated heterocycles. The van der Waals surface area contributed by atoms with Crippen LogP contribution in [0.2, 0.25) is 0 Å². The molecule has 1 aromatic carbocycles. The van der Waals surface area contributed by atoms with Gasteiger partial charge in [-0.15, -0.1) is 0 Å². The van der Waals surface area contributed by atoms with Crippen LogP contribution in [-0.4, -0.2) is 36.8 Å². The van der Waals surface area contributed by atoms with Crippen molar-refractivity contribution < 1.29 is 13.2 Å². The lowest BCUT2D eigenvalue weighted by molar-refractivity contribution is -0.123. The molecule has 138 valence electrons. The maximum absolute atomic E-state index is 12.4. The summed E-state index contributed by atoms with van der Waals surface area (Å²) in [4.78, 5) is 12.3. The number of rotatable bonds is 6. The molecule has 0 spiro atoms. The van der Waals surface area contributed by atoms with Crippen molar-refractivity contribution in [3.05, 3.63) is 24.3 Å². The van der Waals surface area contributed by atoms with Crippen molar-refractivity contribution in [3.8, 4) is 0 Å².